The average Bonchev–Trinajstić information content (AvgIpc) is 3.08. The molecule has 0 bridgehead atoms. The molecule has 4 rings (SSSR count). The second-order valence-electron chi connectivity index (χ2n) is 8.30. The molecule has 1 fully saturated rings. The molecule has 0 saturated carbocycles. The number of imide groups is 1. The van der Waals surface area contributed by atoms with Gasteiger partial charge in [0, 0.05) is 19.2 Å². The van der Waals surface area contributed by atoms with Crippen molar-refractivity contribution >= 4 is 81.2 Å². The summed E-state index contributed by atoms with van der Waals surface area (Å²) in [7, 11) is 1.08. The lowest BCUT2D eigenvalue weighted by Crippen LogP contribution is -2.46. The van der Waals surface area contributed by atoms with E-state index in [1.165, 1.54) is 18.2 Å². The Balaban J connectivity index is 2.04. The molecular weight excluding hydrogens is 625 g/mol. The van der Waals surface area contributed by atoms with Crippen LogP contribution in [0.4, 0.5) is 43.8 Å². The van der Waals surface area contributed by atoms with Crippen LogP contribution in [0.3, 0.4) is 0 Å². The number of urea groups is 1. The number of carbonyl (C=O) groups is 2. The first-order chi connectivity index (χ1) is 18.7. The Hall–Kier alpha value is -3.12. The van der Waals surface area contributed by atoms with Crippen molar-refractivity contribution in [2.75, 3.05) is 16.8 Å². The first-order valence-corrected chi connectivity index (χ1v) is 12.6. The number of aliphatic imine (C=N–C) groups is 1. The summed E-state index contributed by atoms with van der Waals surface area (Å²) in [6, 6.07) is 8.18. The number of likely N-dealkylation sites (N-methyl/N-ethyl adjacent to an activating group) is 1. The molecular formula is C25H15Cl4F5N4O2. The summed E-state index contributed by atoms with van der Waals surface area (Å²) in [5.41, 5.74) is -1.55. The minimum atomic E-state index is -2.44. The molecule has 3 aromatic carbocycles. The summed E-state index contributed by atoms with van der Waals surface area (Å²) >= 11 is 24.6. The summed E-state index contributed by atoms with van der Waals surface area (Å²) in [6.07, 6.45) is -1.96. The topological polar surface area (TPSA) is 56.2 Å². The lowest BCUT2D eigenvalue weighted by atomic mass is 10.1. The Kier molecular flexibility index (Phi) is 8.51. The highest BCUT2D eigenvalue weighted by atomic mass is 35.6. The first-order valence-electron chi connectivity index (χ1n) is 11.1. The molecule has 15 heteroatoms. The molecule has 1 aliphatic rings. The number of hydrogen-bond donors (Lipinski definition) is 0. The smallest absolute Gasteiger partial charge is 0.312 e. The Morgan fingerprint density at radius 2 is 1.35 bits per heavy atom. The predicted octanol–water partition coefficient (Wildman–Crippen LogP) is 7.32. The molecule has 6 nitrogen and oxygen atoms in total. The van der Waals surface area contributed by atoms with E-state index in [1.807, 2.05) is 0 Å². The number of amidine groups is 1. The van der Waals surface area contributed by atoms with Crippen LogP contribution in [0.15, 0.2) is 65.7 Å². The fraction of sp³-hybridized carbons (Fsp3) is 0.160. The standard InChI is InChI=1S/C25H15Cl4F5N4O2/c1-36-23(39)22(38(24(36)40)17-5-3-2-4-14(17)32)35-21(20(26)25(27,28)29)37(18-8-6-12(30)10-15(18)33)19-9-7-13(31)11-16(19)34/h2-11,20-21H,1H3. The highest BCUT2D eigenvalue weighted by molar-refractivity contribution is 6.70. The number of hydrogen-bond acceptors (Lipinski definition) is 4. The lowest BCUT2D eigenvalue weighted by molar-refractivity contribution is -0.119. The number of para-hydroxylation sites is 1. The third kappa shape index (κ3) is 5.69. The van der Waals surface area contributed by atoms with Gasteiger partial charge in [-0.05, 0) is 36.4 Å². The Bertz CT molecular complexity index is 1470. The molecule has 3 aromatic rings. The van der Waals surface area contributed by atoms with Gasteiger partial charge in [-0.2, -0.15) is 0 Å². The summed E-state index contributed by atoms with van der Waals surface area (Å²) in [4.78, 5) is 32.2. The molecule has 1 saturated heterocycles. The van der Waals surface area contributed by atoms with E-state index in [0.29, 0.717) is 26.8 Å². The fourth-order valence-electron chi connectivity index (χ4n) is 3.85. The molecule has 0 aliphatic carbocycles. The lowest BCUT2D eigenvalue weighted by Gasteiger charge is -2.36. The third-order valence-corrected chi connectivity index (χ3v) is 7.30. The fourth-order valence-corrected chi connectivity index (χ4v) is 4.36. The van der Waals surface area contributed by atoms with Crippen molar-refractivity contribution in [3.05, 3.63) is 89.7 Å². The maximum Gasteiger partial charge on any atom is 0.337 e. The molecule has 1 heterocycles. The predicted molar refractivity (Wildman–Crippen MR) is 143 cm³/mol. The van der Waals surface area contributed by atoms with Crippen molar-refractivity contribution in [1.29, 1.82) is 0 Å². The van der Waals surface area contributed by atoms with Crippen LogP contribution < -0.4 is 9.80 Å². The van der Waals surface area contributed by atoms with E-state index < -0.39 is 79.3 Å². The second-order valence-corrected chi connectivity index (χ2v) is 11.1. The molecule has 0 radical (unpaired) electrons. The van der Waals surface area contributed by atoms with Crippen molar-refractivity contribution in [3.8, 4) is 0 Å². The number of benzene rings is 3. The molecule has 2 unspecified atom stereocenters. The van der Waals surface area contributed by atoms with Crippen LogP contribution in [0.2, 0.25) is 0 Å². The van der Waals surface area contributed by atoms with Crippen molar-refractivity contribution in [2.24, 2.45) is 4.99 Å². The van der Waals surface area contributed by atoms with Gasteiger partial charge in [-0.1, -0.05) is 46.9 Å². The van der Waals surface area contributed by atoms with Crippen molar-refractivity contribution in [3.63, 3.8) is 0 Å². The minimum Gasteiger partial charge on any atom is -0.312 e. The molecule has 2 atom stereocenters. The largest absolute Gasteiger partial charge is 0.337 e. The Labute approximate surface area is 244 Å². The molecule has 0 aromatic heterocycles. The van der Waals surface area contributed by atoms with Gasteiger partial charge in [-0.15, -0.1) is 11.6 Å². The monoisotopic (exact) mass is 638 g/mol. The zero-order chi connectivity index (χ0) is 29.5. The Morgan fingerprint density at radius 1 is 0.825 bits per heavy atom. The maximum atomic E-state index is 15.2. The third-order valence-electron chi connectivity index (χ3n) is 5.71. The van der Waals surface area contributed by atoms with Gasteiger partial charge in [0.05, 0.1) is 17.1 Å². The summed E-state index contributed by atoms with van der Waals surface area (Å²) in [5.74, 6) is -7.27. The maximum absolute atomic E-state index is 15.2. The van der Waals surface area contributed by atoms with Gasteiger partial charge < -0.3 is 4.90 Å². The molecule has 3 amide bonds. The highest BCUT2D eigenvalue weighted by Gasteiger charge is 2.47. The quantitative estimate of drug-likeness (QED) is 0.161. The van der Waals surface area contributed by atoms with E-state index in [0.717, 1.165) is 37.4 Å². The van der Waals surface area contributed by atoms with E-state index in [1.54, 1.807) is 0 Å². The van der Waals surface area contributed by atoms with Gasteiger partial charge in [-0.3, -0.25) is 9.69 Å². The SMILES string of the molecule is CN1C(=O)C(=NC(C(Cl)C(Cl)(Cl)Cl)N(c2ccc(F)cc2F)c2ccc(F)cc2F)N(c2ccccc2F)C1=O. The van der Waals surface area contributed by atoms with Crippen LogP contribution in [0.25, 0.3) is 0 Å². The average molecular weight is 640 g/mol. The molecule has 1 aliphatic heterocycles. The zero-order valence-electron chi connectivity index (χ0n) is 19.9. The van der Waals surface area contributed by atoms with E-state index in [9.17, 15) is 22.8 Å². The number of nitrogens with zero attached hydrogens (tertiary/aromatic N) is 4. The van der Waals surface area contributed by atoms with Gasteiger partial charge in [0.1, 0.15) is 40.6 Å². The second kappa shape index (κ2) is 11.4. The van der Waals surface area contributed by atoms with E-state index in [-0.39, 0.29) is 0 Å². The van der Waals surface area contributed by atoms with Gasteiger partial charge >= 0.3 is 6.03 Å². The summed E-state index contributed by atoms with van der Waals surface area (Å²) in [6.45, 7) is 0. The Morgan fingerprint density at radius 3 is 1.82 bits per heavy atom. The highest BCUT2D eigenvalue weighted by Crippen LogP contribution is 2.43. The molecule has 0 spiro atoms. The van der Waals surface area contributed by atoms with Crippen LogP contribution in [-0.2, 0) is 4.79 Å². The summed E-state index contributed by atoms with van der Waals surface area (Å²) < 4.78 is 70.3. The van der Waals surface area contributed by atoms with Crippen LogP contribution in [0.1, 0.15) is 0 Å². The van der Waals surface area contributed by atoms with Gasteiger partial charge in [-0.25, -0.2) is 36.6 Å². The normalized spacial score (nSPS) is 16.6. The van der Waals surface area contributed by atoms with Crippen LogP contribution >= 0.6 is 46.4 Å². The molecule has 0 N–H and O–H groups in total. The molecule has 40 heavy (non-hydrogen) atoms. The van der Waals surface area contributed by atoms with Crippen LogP contribution in [0, 0.1) is 29.1 Å². The number of carbonyl (C=O) groups excluding carboxylic acids is 2. The number of anilines is 3. The first kappa shape index (κ1) is 29.9. The zero-order valence-corrected chi connectivity index (χ0v) is 23.0. The number of amides is 3. The van der Waals surface area contributed by atoms with Crippen molar-refractivity contribution in [1.82, 2.24) is 4.90 Å². The van der Waals surface area contributed by atoms with Gasteiger partial charge in [0.15, 0.2) is 0 Å². The van der Waals surface area contributed by atoms with Crippen molar-refractivity contribution < 1.29 is 31.5 Å². The van der Waals surface area contributed by atoms with Crippen LogP contribution in [-0.4, -0.2) is 45.1 Å². The van der Waals surface area contributed by atoms with Gasteiger partial charge in [0.25, 0.3) is 5.91 Å². The van der Waals surface area contributed by atoms with E-state index in [4.69, 9.17) is 46.4 Å². The van der Waals surface area contributed by atoms with E-state index >= 15 is 8.78 Å². The number of alkyl halides is 4. The van der Waals surface area contributed by atoms with E-state index in [2.05, 4.69) is 4.99 Å². The van der Waals surface area contributed by atoms with Crippen LogP contribution in [0.5, 0.6) is 0 Å². The minimum absolute atomic E-state index is 0.393. The summed E-state index contributed by atoms with van der Waals surface area (Å²) in [5, 5.41) is -1.85. The van der Waals surface area contributed by atoms with Crippen molar-refractivity contribution in [2.45, 2.75) is 15.3 Å². The van der Waals surface area contributed by atoms with Gasteiger partial charge in [0.2, 0.25) is 9.63 Å². The number of halogens is 9. The number of rotatable bonds is 6. The molecule has 210 valence electrons.